The molecule has 1 heterocycles. The minimum atomic E-state index is -0.344. The average Bonchev–Trinajstić information content (AvgIpc) is 2.75. The molecule has 0 fully saturated rings. The van der Waals surface area contributed by atoms with E-state index in [1.165, 1.54) is 12.1 Å². The summed E-state index contributed by atoms with van der Waals surface area (Å²) in [5.41, 5.74) is 2.24. The van der Waals surface area contributed by atoms with Crippen molar-refractivity contribution in [3.05, 3.63) is 100 Å². The highest BCUT2D eigenvalue weighted by atomic mass is 19.1. The van der Waals surface area contributed by atoms with Crippen LogP contribution < -0.4 is 15.6 Å². The van der Waals surface area contributed by atoms with Crippen molar-refractivity contribution in [1.29, 1.82) is 0 Å². The molecule has 0 atom stereocenters. The molecular formula is C23H21FN3O2+. The van der Waals surface area contributed by atoms with Crippen molar-refractivity contribution < 1.29 is 14.4 Å². The van der Waals surface area contributed by atoms with E-state index in [0.717, 1.165) is 17.9 Å². The van der Waals surface area contributed by atoms with E-state index in [0.29, 0.717) is 29.0 Å². The highest BCUT2D eigenvalue weighted by Gasteiger charge is 2.14. The Hall–Kier alpha value is -3.51. The molecule has 4 rings (SSSR count). The number of methoxy groups -OCH3 is 1. The zero-order valence-electron chi connectivity index (χ0n) is 16.0. The van der Waals surface area contributed by atoms with Crippen LogP contribution in [0.1, 0.15) is 11.4 Å². The Morgan fingerprint density at radius 1 is 0.966 bits per heavy atom. The van der Waals surface area contributed by atoms with Crippen molar-refractivity contribution in [3.8, 4) is 11.4 Å². The Bertz CT molecular complexity index is 1190. The van der Waals surface area contributed by atoms with Gasteiger partial charge >= 0.3 is 0 Å². The lowest BCUT2D eigenvalue weighted by atomic mass is 10.2. The fourth-order valence-electron chi connectivity index (χ4n) is 3.30. The third-order valence-corrected chi connectivity index (χ3v) is 4.80. The quantitative estimate of drug-likeness (QED) is 0.551. The van der Waals surface area contributed by atoms with Crippen LogP contribution in [0.2, 0.25) is 0 Å². The molecule has 0 unspecified atom stereocenters. The number of hydrogen-bond acceptors (Lipinski definition) is 3. The standard InChI is InChI=1S/C23H20FN3O2/c1-29-19-12-6-16(7-13-19)14-25-15-22-26-21-5-3-2-4-20(21)23(28)27(22)18-10-8-17(24)9-11-18/h2-13,25H,14-15H2,1H3/p+1. The van der Waals surface area contributed by atoms with E-state index in [1.54, 1.807) is 29.9 Å². The second-order valence-corrected chi connectivity index (χ2v) is 6.71. The molecule has 0 aliphatic rings. The molecule has 0 saturated carbocycles. The van der Waals surface area contributed by atoms with E-state index in [4.69, 9.17) is 9.72 Å². The summed E-state index contributed by atoms with van der Waals surface area (Å²) in [7, 11) is 1.64. The van der Waals surface area contributed by atoms with Crippen LogP contribution in [-0.4, -0.2) is 16.7 Å². The number of quaternary nitrogens is 1. The molecule has 0 aliphatic carbocycles. The van der Waals surface area contributed by atoms with Crippen molar-refractivity contribution >= 4 is 10.9 Å². The molecule has 0 amide bonds. The number of rotatable bonds is 6. The summed E-state index contributed by atoms with van der Waals surface area (Å²) in [6.45, 7) is 1.24. The molecule has 1 aromatic heterocycles. The number of nitrogens with two attached hydrogens (primary N) is 1. The first-order valence-corrected chi connectivity index (χ1v) is 9.37. The van der Waals surface area contributed by atoms with E-state index < -0.39 is 0 Å². The third kappa shape index (κ3) is 4.02. The molecule has 29 heavy (non-hydrogen) atoms. The van der Waals surface area contributed by atoms with Crippen LogP contribution in [0.5, 0.6) is 5.75 Å². The van der Waals surface area contributed by atoms with E-state index in [9.17, 15) is 9.18 Å². The fraction of sp³-hybridized carbons (Fsp3) is 0.130. The van der Waals surface area contributed by atoms with E-state index in [-0.39, 0.29) is 11.4 Å². The number of benzene rings is 3. The van der Waals surface area contributed by atoms with Crippen LogP contribution in [0.15, 0.2) is 77.6 Å². The summed E-state index contributed by atoms with van der Waals surface area (Å²) in [4.78, 5) is 17.9. The van der Waals surface area contributed by atoms with Crippen molar-refractivity contribution in [2.75, 3.05) is 7.11 Å². The first-order valence-electron chi connectivity index (χ1n) is 9.37. The van der Waals surface area contributed by atoms with E-state index >= 15 is 0 Å². The van der Waals surface area contributed by atoms with Gasteiger partial charge in [-0.2, -0.15) is 0 Å². The summed E-state index contributed by atoms with van der Waals surface area (Å²) >= 11 is 0. The molecule has 0 spiro atoms. The van der Waals surface area contributed by atoms with Gasteiger partial charge in [0.15, 0.2) is 5.82 Å². The maximum Gasteiger partial charge on any atom is 0.266 e. The zero-order chi connectivity index (χ0) is 20.2. The number of para-hydroxylation sites is 1. The van der Waals surface area contributed by atoms with Gasteiger partial charge in [0, 0.05) is 5.56 Å². The fourth-order valence-corrected chi connectivity index (χ4v) is 3.30. The summed E-state index contributed by atoms with van der Waals surface area (Å²) in [6.07, 6.45) is 0. The average molecular weight is 390 g/mol. The number of ether oxygens (including phenoxy) is 1. The summed E-state index contributed by atoms with van der Waals surface area (Å²) in [6, 6.07) is 21.0. The minimum absolute atomic E-state index is 0.157. The highest BCUT2D eigenvalue weighted by molar-refractivity contribution is 5.77. The normalized spacial score (nSPS) is 11.0. The SMILES string of the molecule is COc1ccc(C[NH2+]Cc2nc3ccccc3c(=O)n2-c2ccc(F)cc2)cc1. The van der Waals surface area contributed by atoms with Crippen LogP contribution in [0, 0.1) is 5.82 Å². The van der Waals surface area contributed by atoms with Crippen LogP contribution >= 0.6 is 0 Å². The molecule has 0 radical (unpaired) electrons. The van der Waals surface area contributed by atoms with Crippen LogP contribution in [0.3, 0.4) is 0 Å². The summed E-state index contributed by atoms with van der Waals surface area (Å²) in [5.74, 6) is 1.09. The Kier molecular flexibility index (Phi) is 5.35. The van der Waals surface area contributed by atoms with Crippen LogP contribution in [-0.2, 0) is 13.1 Å². The number of halogens is 1. The lowest BCUT2D eigenvalue weighted by molar-refractivity contribution is -0.687. The molecule has 6 heteroatoms. The van der Waals surface area contributed by atoms with Gasteiger partial charge in [-0.25, -0.2) is 9.37 Å². The first kappa shape index (κ1) is 18.8. The van der Waals surface area contributed by atoms with Gasteiger partial charge in [-0.05, 0) is 60.7 Å². The molecule has 5 nitrogen and oxygen atoms in total. The Morgan fingerprint density at radius 3 is 2.41 bits per heavy atom. The lowest BCUT2D eigenvalue weighted by Crippen LogP contribution is -2.81. The molecule has 0 bridgehead atoms. The summed E-state index contributed by atoms with van der Waals surface area (Å²) in [5, 5.41) is 2.62. The molecular weight excluding hydrogens is 369 g/mol. The van der Waals surface area contributed by atoms with Gasteiger partial charge in [0.1, 0.15) is 24.7 Å². The van der Waals surface area contributed by atoms with Crippen molar-refractivity contribution in [2.24, 2.45) is 0 Å². The number of nitrogens with zero attached hydrogens (tertiary/aromatic N) is 2. The maximum atomic E-state index is 13.4. The van der Waals surface area contributed by atoms with Gasteiger partial charge in [0.05, 0.1) is 23.7 Å². The number of fused-ring (bicyclic) bond motifs is 1. The Labute approximate surface area is 167 Å². The summed E-state index contributed by atoms with van der Waals surface area (Å²) < 4.78 is 20.1. The molecule has 4 aromatic rings. The van der Waals surface area contributed by atoms with Gasteiger partial charge < -0.3 is 10.1 Å². The number of aromatic nitrogens is 2. The lowest BCUT2D eigenvalue weighted by Gasteiger charge is -2.13. The molecule has 146 valence electrons. The third-order valence-electron chi connectivity index (χ3n) is 4.80. The van der Waals surface area contributed by atoms with Crippen LogP contribution in [0.25, 0.3) is 16.6 Å². The smallest absolute Gasteiger partial charge is 0.266 e. The maximum absolute atomic E-state index is 13.4. The van der Waals surface area contributed by atoms with Crippen molar-refractivity contribution in [2.45, 2.75) is 13.1 Å². The van der Waals surface area contributed by atoms with Crippen molar-refractivity contribution in [1.82, 2.24) is 9.55 Å². The van der Waals surface area contributed by atoms with E-state index in [2.05, 4.69) is 5.32 Å². The van der Waals surface area contributed by atoms with Gasteiger partial charge in [-0.15, -0.1) is 0 Å². The topological polar surface area (TPSA) is 60.7 Å². The van der Waals surface area contributed by atoms with Crippen molar-refractivity contribution in [3.63, 3.8) is 0 Å². The Balaban J connectivity index is 1.67. The first-order chi connectivity index (χ1) is 14.2. The zero-order valence-corrected chi connectivity index (χ0v) is 16.0. The highest BCUT2D eigenvalue weighted by Crippen LogP contribution is 2.14. The second kappa shape index (κ2) is 8.24. The largest absolute Gasteiger partial charge is 0.497 e. The van der Waals surface area contributed by atoms with Gasteiger partial charge in [0.25, 0.3) is 5.56 Å². The predicted molar refractivity (Wildman–Crippen MR) is 110 cm³/mol. The van der Waals surface area contributed by atoms with Gasteiger partial charge in [0.2, 0.25) is 0 Å². The Morgan fingerprint density at radius 2 is 1.69 bits per heavy atom. The number of hydrogen-bond donors (Lipinski definition) is 1. The van der Waals surface area contributed by atoms with Gasteiger partial charge in [-0.1, -0.05) is 12.1 Å². The molecule has 3 aromatic carbocycles. The molecule has 2 N–H and O–H groups in total. The second-order valence-electron chi connectivity index (χ2n) is 6.71. The molecule has 0 aliphatic heterocycles. The monoisotopic (exact) mass is 390 g/mol. The minimum Gasteiger partial charge on any atom is -0.497 e. The molecule has 0 saturated heterocycles. The van der Waals surface area contributed by atoms with Crippen LogP contribution in [0.4, 0.5) is 4.39 Å². The van der Waals surface area contributed by atoms with Gasteiger partial charge in [-0.3, -0.25) is 9.36 Å². The predicted octanol–water partition coefficient (Wildman–Crippen LogP) is 2.80. The van der Waals surface area contributed by atoms with E-state index in [1.807, 2.05) is 42.5 Å².